The van der Waals surface area contributed by atoms with Crippen LogP contribution in [0.2, 0.25) is 0 Å². The van der Waals surface area contributed by atoms with E-state index < -0.39 is 0 Å². The summed E-state index contributed by atoms with van der Waals surface area (Å²) in [6.45, 7) is 14.7. The van der Waals surface area contributed by atoms with E-state index in [9.17, 15) is 0 Å². The van der Waals surface area contributed by atoms with Crippen LogP contribution in [0.3, 0.4) is 0 Å². The normalized spacial score (nSPS) is 11.4. The van der Waals surface area contributed by atoms with Gasteiger partial charge in [-0.2, -0.15) is 0 Å². The molecule has 0 radical (unpaired) electrons. The highest BCUT2D eigenvalue weighted by Crippen LogP contribution is 2.08. The molecule has 0 heterocycles. The average molecular weight is 521 g/mol. The molecule has 1 aromatic rings. The fourth-order valence-electron chi connectivity index (χ4n) is 2.44. The molecule has 0 bridgehead atoms. The van der Waals surface area contributed by atoms with Gasteiger partial charge in [-0.25, -0.2) is 4.99 Å². The topological polar surface area (TPSA) is 64.1 Å². The molecular weight excluding hydrogens is 481 g/mol. The van der Waals surface area contributed by atoms with Crippen molar-refractivity contribution in [3.8, 4) is 0 Å². The van der Waals surface area contributed by atoms with Crippen LogP contribution in [0.15, 0.2) is 29.3 Å². The molecule has 0 aliphatic rings. The second kappa shape index (κ2) is 19.1. The maximum atomic E-state index is 5.65. The number of aliphatic imine (C=N–C) groups is 1. The summed E-state index contributed by atoms with van der Waals surface area (Å²) < 4.78 is 16.6. The van der Waals surface area contributed by atoms with Gasteiger partial charge in [0.2, 0.25) is 0 Å². The Kier molecular flexibility index (Phi) is 18.5. The number of nitrogens with zero attached hydrogens (tertiary/aromatic N) is 1. The standard InChI is InChI=1S/C22H39N3O3.HI/c1-5-23-22(24-11-13-27-12-10-19(3)4)25-17-20-8-7-9-21(16-20)18-28-15-14-26-6-2;/h7-9,16,19H,5-6,10-15,17-18H2,1-4H3,(H2,23,24,25);1H. The molecule has 7 heteroatoms. The molecule has 0 unspecified atom stereocenters. The highest BCUT2D eigenvalue weighted by atomic mass is 127. The molecule has 0 saturated heterocycles. The zero-order valence-corrected chi connectivity index (χ0v) is 20.9. The lowest BCUT2D eigenvalue weighted by Gasteiger charge is -2.12. The van der Waals surface area contributed by atoms with Gasteiger partial charge in [0.1, 0.15) is 0 Å². The number of hydrogen-bond donors (Lipinski definition) is 2. The van der Waals surface area contributed by atoms with E-state index in [0.717, 1.165) is 49.8 Å². The van der Waals surface area contributed by atoms with E-state index in [1.807, 2.05) is 6.92 Å². The van der Waals surface area contributed by atoms with Gasteiger partial charge in [0, 0.05) is 26.3 Å². The van der Waals surface area contributed by atoms with Crippen molar-refractivity contribution in [3.63, 3.8) is 0 Å². The lowest BCUT2D eigenvalue weighted by Crippen LogP contribution is -2.39. The minimum atomic E-state index is 0. The van der Waals surface area contributed by atoms with Crippen molar-refractivity contribution in [2.45, 2.75) is 47.3 Å². The van der Waals surface area contributed by atoms with E-state index >= 15 is 0 Å². The molecule has 0 aliphatic carbocycles. The summed E-state index contributed by atoms with van der Waals surface area (Å²) in [5, 5.41) is 6.60. The van der Waals surface area contributed by atoms with Crippen LogP contribution in [0.1, 0.15) is 45.2 Å². The molecule has 1 aromatic carbocycles. The largest absolute Gasteiger partial charge is 0.380 e. The zero-order chi connectivity index (χ0) is 20.5. The van der Waals surface area contributed by atoms with Crippen LogP contribution in [0.25, 0.3) is 0 Å². The Balaban J connectivity index is 0.00000784. The highest BCUT2D eigenvalue weighted by molar-refractivity contribution is 14.0. The van der Waals surface area contributed by atoms with Crippen molar-refractivity contribution >= 4 is 29.9 Å². The van der Waals surface area contributed by atoms with Crippen LogP contribution in [0, 0.1) is 5.92 Å². The summed E-state index contributed by atoms with van der Waals surface area (Å²) in [5.74, 6) is 1.49. The molecule has 0 saturated carbocycles. The Bertz CT molecular complexity index is 542. The van der Waals surface area contributed by atoms with Crippen molar-refractivity contribution < 1.29 is 14.2 Å². The van der Waals surface area contributed by atoms with Gasteiger partial charge in [0.05, 0.1) is 33.0 Å². The van der Waals surface area contributed by atoms with Gasteiger partial charge in [-0.05, 0) is 37.3 Å². The van der Waals surface area contributed by atoms with Crippen molar-refractivity contribution in [2.75, 3.05) is 46.1 Å². The minimum absolute atomic E-state index is 0. The SMILES string of the molecule is CCNC(=NCc1cccc(COCCOCC)c1)NCCOCCC(C)C.I. The van der Waals surface area contributed by atoms with Gasteiger partial charge < -0.3 is 24.8 Å². The molecule has 0 amide bonds. The third-order valence-electron chi connectivity index (χ3n) is 3.98. The van der Waals surface area contributed by atoms with E-state index in [1.165, 1.54) is 0 Å². The molecule has 168 valence electrons. The number of benzene rings is 1. The molecule has 2 N–H and O–H groups in total. The fraction of sp³-hybridized carbons (Fsp3) is 0.682. The van der Waals surface area contributed by atoms with Crippen LogP contribution in [-0.4, -0.2) is 52.1 Å². The van der Waals surface area contributed by atoms with Crippen molar-refractivity contribution in [3.05, 3.63) is 35.4 Å². The Morgan fingerprint density at radius 3 is 2.45 bits per heavy atom. The predicted molar refractivity (Wildman–Crippen MR) is 131 cm³/mol. The first-order chi connectivity index (χ1) is 13.7. The predicted octanol–water partition coefficient (Wildman–Crippen LogP) is 3.98. The van der Waals surface area contributed by atoms with Crippen molar-refractivity contribution in [1.29, 1.82) is 0 Å². The van der Waals surface area contributed by atoms with Gasteiger partial charge in [-0.1, -0.05) is 38.1 Å². The van der Waals surface area contributed by atoms with E-state index in [-0.39, 0.29) is 24.0 Å². The number of guanidine groups is 1. The second-order valence-corrected chi connectivity index (χ2v) is 6.99. The van der Waals surface area contributed by atoms with E-state index in [2.05, 4.69) is 60.7 Å². The number of hydrogen-bond acceptors (Lipinski definition) is 4. The van der Waals surface area contributed by atoms with E-state index in [0.29, 0.717) is 38.9 Å². The summed E-state index contributed by atoms with van der Waals surface area (Å²) in [7, 11) is 0. The number of ether oxygens (including phenoxy) is 3. The van der Waals surface area contributed by atoms with Gasteiger partial charge in [0.15, 0.2) is 5.96 Å². The first-order valence-electron chi connectivity index (χ1n) is 10.5. The highest BCUT2D eigenvalue weighted by Gasteiger charge is 2.00. The molecule has 0 spiro atoms. The summed E-state index contributed by atoms with van der Waals surface area (Å²) in [4.78, 5) is 4.67. The summed E-state index contributed by atoms with van der Waals surface area (Å²) in [6, 6.07) is 8.36. The average Bonchev–Trinajstić information content (AvgIpc) is 2.68. The number of nitrogens with one attached hydrogen (secondary N) is 2. The maximum Gasteiger partial charge on any atom is 0.191 e. The molecule has 6 nitrogen and oxygen atoms in total. The lowest BCUT2D eigenvalue weighted by molar-refractivity contribution is 0.0453. The van der Waals surface area contributed by atoms with E-state index in [4.69, 9.17) is 14.2 Å². The van der Waals surface area contributed by atoms with Gasteiger partial charge in [-0.15, -0.1) is 24.0 Å². The monoisotopic (exact) mass is 521 g/mol. The maximum absolute atomic E-state index is 5.65. The second-order valence-electron chi connectivity index (χ2n) is 6.99. The molecular formula is C22H40IN3O3. The Labute approximate surface area is 194 Å². The van der Waals surface area contributed by atoms with Gasteiger partial charge in [-0.3, -0.25) is 0 Å². The van der Waals surface area contributed by atoms with Gasteiger partial charge in [0.25, 0.3) is 0 Å². The van der Waals surface area contributed by atoms with Crippen molar-refractivity contribution in [2.24, 2.45) is 10.9 Å². The summed E-state index contributed by atoms with van der Waals surface area (Å²) in [6.07, 6.45) is 1.10. The van der Waals surface area contributed by atoms with E-state index in [1.54, 1.807) is 0 Å². The smallest absolute Gasteiger partial charge is 0.191 e. The molecule has 0 atom stereocenters. The summed E-state index contributed by atoms with van der Waals surface area (Å²) >= 11 is 0. The number of halogens is 1. The minimum Gasteiger partial charge on any atom is -0.380 e. The van der Waals surface area contributed by atoms with Crippen LogP contribution >= 0.6 is 24.0 Å². The Morgan fingerprint density at radius 2 is 1.72 bits per heavy atom. The molecule has 0 aliphatic heterocycles. The Morgan fingerprint density at radius 1 is 0.966 bits per heavy atom. The van der Waals surface area contributed by atoms with Crippen LogP contribution < -0.4 is 10.6 Å². The molecule has 0 aromatic heterocycles. The molecule has 29 heavy (non-hydrogen) atoms. The molecule has 0 fully saturated rings. The fourth-order valence-corrected chi connectivity index (χ4v) is 2.44. The third-order valence-corrected chi connectivity index (χ3v) is 3.98. The number of rotatable bonds is 15. The summed E-state index contributed by atoms with van der Waals surface area (Å²) in [5.41, 5.74) is 2.32. The third kappa shape index (κ3) is 15.6. The Hall–Kier alpha value is -0.900. The lowest BCUT2D eigenvalue weighted by atomic mass is 10.1. The first-order valence-corrected chi connectivity index (χ1v) is 10.5. The van der Waals surface area contributed by atoms with Crippen LogP contribution in [-0.2, 0) is 27.4 Å². The first kappa shape index (κ1) is 28.1. The van der Waals surface area contributed by atoms with Crippen LogP contribution in [0.4, 0.5) is 0 Å². The van der Waals surface area contributed by atoms with Gasteiger partial charge >= 0.3 is 0 Å². The quantitative estimate of drug-likeness (QED) is 0.158. The van der Waals surface area contributed by atoms with Crippen molar-refractivity contribution in [1.82, 2.24) is 10.6 Å². The van der Waals surface area contributed by atoms with Crippen LogP contribution in [0.5, 0.6) is 0 Å². The molecule has 1 rings (SSSR count). The zero-order valence-electron chi connectivity index (χ0n) is 18.5.